The molecule has 0 aliphatic heterocycles. The predicted molar refractivity (Wildman–Crippen MR) is 83.6 cm³/mol. The lowest BCUT2D eigenvalue weighted by Crippen LogP contribution is -2.32. The molecule has 0 bridgehead atoms. The van der Waals surface area contributed by atoms with Crippen LogP contribution in [-0.2, 0) is 4.74 Å². The first-order valence-corrected chi connectivity index (χ1v) is 6.69. The largest absolute Gasteiger partial charge is 0.444 e. The van der Waals surface area contributed by atoms with Gasteiger partial charge < -0.3 is 15.8 Å². The summed E-state index contributed by atoms with van der Waals surface area (Å²) in [4.78, 5) is 11.5. The summed E-state index contributed by atoms with van der Waals surface area (Å²) < 4.78 is 5.15. The van der Waals surface area contributed by atoms with E-state index < -0.39 is 11.7 Å². The quantitative estimate of drug-likeness (QED) is 0.831. The number of carbonyl (C=O) groups is 1. The van der Waals surface area contributed by atoms with Crippen molar-refractivity contribution in [2.45, 2.75) is 40.2 Å². The van der Waals surface area contributed by atoms with Gasteiger partial charge in [-0.25, -0.2) is 4.79 Å². The van der Waals surface area contributed by atoms with Gasteiger partial charge in [0.2, 0.25) is 0 Å². The summed E-state index contributed by atoms with van der Waals surface area (Å²) in [6, 6.07) is 3.99. The number of carbonyl (C=O) groups excluding carboxylic acids is 1. The molecule has 110 valence electrons. The van der Waals surface area contributed by atoms with Gasteiger partial charge in [-0.3, -0.25) is 0 Å². The molecule has 0 aromatic heterocycles. The number of rotatable bonds is 3. The van der Waals surface area contributed by atoms with Crippen LogP contribution < -0.4 is 11.1 Å². The Labute approximate surface area is 121 Å². The summed E-state index contributed by atoms with van der Waals surface area (Å²) in [6.07, 6.45) is 3.45. The van der Waals surface area contributed by atoms with Crippen LogP contribution in [0.3, 0.4) is 0 Å². The first-order chi connectivity index (χ1) is 9.19. The summed E-state index contributed by atoms with van der Waals surface area (Å²) in [5.74, 6) is 0. The Hall–Kier alpha value is -1.97. The van der Waals surface area contributed by atoms with E-state index in [0.29, 0.717) is 6.54 Å². The van der Waals surface area contributed by atoms with Crippen LogP contribution >= 0.6 is 0 Å². The van der Waals surface area contributed by atoms with E-state index in [1.807, 2.05) is 58.9 Å². The predicted octanol–water partition coefficient (Wildman–Crippen LogP) is 3.42. The molecule has 0 spiro atoms. The van der Waals surface area contributed by atoms with Crippen molar-refractivity contribution in [3.8, 4) is 0 Å². The summed E-state index contributed by atoms with van der Waals surface area (Å²) in [5.41, 5.74) is 9.43. The highest BCUT2D eigenvalue weighted by Gasteiger charge is 2.14. The van der Waals surface area contributed by atoms with E-state index in [1.165, 1.54) is 0 Å². The number of benzene rings is 1. The Morgan fingerprint density at radius 3 is 2.55 bits per heavy atom. The Bertz CT molecular complexity index is 514. The number of alkyl carbamates (subject to hydrolysis) is 1. The number of hydrogen-bond acceptors (Lipinski definition) is 3. The van der Waals surface area contributed by atoms with Crippen LogP contribution in [0.1, 0.15) is 37.5 Å². The number of amides is 1. The van der Waals surface area contributed by atoms with Gasteiger partial charge in [-0.2, -0.15) is 0 Å². The first-order valence-electron chi connectivity index (χ1n) is 6.69. The fourth-order valence-electron chi connectivity index (χ4n) is 1.68. The van der Waals surface area contributed by atoms with Crippen molar-refractivity contribution in [2.24, 2.45) is 0 Å². The van der Waals surface area contributed by atoms with E-state index in [2.05, 4.69) is 5.32 Å². The zero-order valence-electron chi connectivity index (χ0n) is 12.9. The Morgan fingerprint density at radius 1 is 1.30 bits per heavy atom. The SMILES string of the molecule is Cc1cc(C=CCNC(=O)OC(C)(C)C)c(C)cc1N. The van der Waals surface area contributed by atoms with Crippen molar-refractivity contribution >= 4 is 17.9 Å². The summed E-state index contributed by atoms with van der Waals surface area (Å²) in [6.45, 7) is 9.92. The number of nitrogen functional groups attached to an aromatic ring is 1. The monoisotopic (exact) mass is 276 g/mol. The fourth-order valence-corrected chi connectivity index (χ4v) is 1.68. The number of nitrogens with one attached hydrogen (secondary N) is 1. The van der Waals surface area contributed by atoms with Crippen molar-refractivity contribution in [1.82, 2.24) is 5.32 Å². The fraction of sp³-hybridized carbons (Fsp3) is 0.438. The van der Waals surface area contributed by atoms with Gasteiger partial charge >= 0.3 is 6.09 Å². The van der Waals surface area contributed by atoms with Crippen LogP contribution in [-0.4, -0.2) is 18.2 Å². The van der Waals surface area contributed by atoms with Crippen molar-refractivity contribution < 1.29 is 9.53 Å². The molecule has 0 aliphatic rings. The molecular formula is C16H24N2O2. The number of anilines is 1. The molecule has 0 saturated heterocycles. The second-order valence-electron chi connectivity index (χ2n) is 5.85. The maximum absolute atomic E-state index is 11.5. The van der Waals surface area contributed by atoms with Crippen LogP contribution in [0.15, 0.2) is 18.2 Å². The molecule has 0 heterocycles. The van der Waals surface area contributed by atoms with Crippen molar-refractivity contribution in [3.63, 3.8) is 0 Å². The van der Waals surface area contributed by atoms with Gasteiger partial charge in [-0.15, -0.1) is 0 Å². The molecule has 0 aliphatic carbocycles. The van der Waals surface area contributed by atoms with Gasteiger partial charge in [0.25, 0.3) is 0 Å². The molecule has 1 amide bonds. The van der Waals surface area contributed by atoms with Gasteiger partial charge in [-0.1, -0.05) is 12.2 Å². The Kier molecular flexibility index (Phi) is 5.19. The normalized spacial score (nSPS) is 11.7. The van der Waals surface area contributed by atoms with Crippen LogP contribution in [0.5, 0.6) is 0 Å². The van der Waals surface area contributed by atoms with Crippen LogP contribution in [0.4, 0.5) is 10.5 Å². The molecule has 0 saturated carbocycles. The molecule has 3 N–H and O–H groups in total. The number of ether oxygens (including phenoxy) is 1. The minimum Gasteiger partial charge on any atom is -0.444 e. The highest BCUT2D eigenvalue weighted by atomic mass is 16.6. The maximum Gasteiger partial charge on any atom is 0.407 e. The second kappa shape index (κ2) is 6.46. The van der Waals surface area contributed by atoms with Gasteiger partial charge in [0, 0.05) is 12.2 Å². The van der Waals surface area contributed by atoms with E-state index in [-0.39, 0.29) is 0 Å². The Balaban J connectivity index is 2.54. The third kappa shape index (κ3) is 5.34. The lowest BCUT2D eigenvalue weighted by molar-refractivity contribution is 0.0534. The molecule has 1 aromatic carbocycles. The maximum atomic E-state index is 11.5. The lowest BCUT2D eigenvalue weighted by Gasteiger charge is -2.19. The van der Waals surface area contributed by atoms with Crippen molar-refractivity contribution in [1.29, 1.82) is 0 Å². The van der Waals surface area contributed by atoms with Crippen molar-refractivity contribution in [2.75, 3.05) is 12.3 Å². The average molecular weight is 276 g/mol. The molecule has 0 unspecified atom stereocenters. The first kappa shape index (κ1) is 16.1. The second-order valence-corrected chi connectivity index (χ2v) is 5.85. The van der Waals surface area contributed by atoms with E-state index in [4.69, 9.17) is 10.5 Å². The van der Waals surface area contributed by atoms with Crippen molar-refractivity contribution in [3.05, 3.63) is 34.9 Å². The highest BCUT2D eigenvalue weighted by molar-refractivity contribution is 5.68. The van der Waals surface area contributed by atoms with Gasteiger partial charge in [0.1, 0.15) is 5.60 Å². The van der Waals surface area contributed by atoms with E-state index in [9.17, 15) is 4.79 Å². The molecule has 20 heavy (non-hydrogen) atoms. The molecule has 1 aromatic rings. The number of hydrogen-bond donors (Lipinski definition) is 2. The zero-order valence-corrected chi connectivity index (χ0v) is 12.9. The van der Waals surface area contributed by atoms with E-state index in [1.54, 1.807) is 0 Å². The summed E-state index contributed by atoms with van der Waals surface area (Å²) in [5, 5.41) is 2.68. The van der Waals surface area contributed by atoms with Crippen LogP contribution in [0.2, 0.25) is 0 Å². The minimum absolute atomic E-state index is 0.410. The molecule has 0 radical (unpaired) electrons. The van der Waals surface area contributed by atoms with Crippen LogP contribution in [0, 0.1) is 13.8 Å². The van der Waals surface area contributed by atoms with E-state index >= 15 is 0 Å². The molecule has 0 fully saturated rings. The van der Waals surface area contributed by atoms with E-state index in [0.717, 1.165) is 22.4 Å². The van der Waals surface area contributed by atoms with Gasteiger partial charge in [0.15, 0.2) is 0 Å². The zero-order chi connectivity index (χ0) is 15.3. The Morgan fingerprint density at radius 2 is 1.95 bits per heavy atom. The number of aryl methyl sites for hydroxylation is 2. The molecule has 4 nitrogen and oxygen atoms in total. The summed E-state index contributed by atoms with van der Waals surface area (Å²) in [7, 11) is 0. The molecular weight excluding hydrogens is 252 g/mol. The highest BCUT2D eigenvalue weighted by Crippen LogP contribution is 2.18. The van der Waals surface area contributed by atoms with Gasteiger partial charge in [-0.05, 0) is 63.4 Å². The molecule has 1 rings (SSSR count). The lowest BCUT2D eigenvalue weighted by atomic mass is 10.0. The molecule has 4 heteroatoms. The summed E-state index contributed by atoms with van der Waals surface area (Å²) >= 11 is 0. The number of nitrogens with two attached hydrogens (primary N) is 1. The van der Waals surface area contributed by atoms with Crippen LogP contribution in [0.25, 0.3) is 6.08 Å². The third-order valence-electron chi connectivity index (χ3n) is 2.72. The van der Waals surface area contributed by atoms with Gasteiger partial charge in [0.05, 0.1) is 0 Å². The average Bonchev–Trinajstić information content (AvgIpc) is 2.28. The minimum atomic E-state index is -0.474. The molecule has 0 atom stereocenters. The smallest absolute Gasteiger partial charge is 0.407 e. The topological polar surface area (TPSA) is 64.3 Å². The third-order valence-corrected chi connectivity index (χ3v) is 2.72. The standard InChI is InChI=1S/C16H24N2O2/c1-11-10-14(17)12(2)9-13(11)7-6-8-18-15(19)20-16(3,4)5/h6-7,9-10H,8,17H2,1-5H3,(H,18,19).